The van der Waals surface area contributed by atoms with Crippen LogP contribution in [0.5, 0.6) is 0 Å². The van der Waals surface area contributed by atoms with E-state index in [1.54, 1.807) is 0 Å². The molecule has 0 atom stereocenters. The van der Waals surface area contributed by atoms with Crippen LogP contribution in [0.2, 0.25) is 0 Å². The number of aromatic nitrogens is 1. The molecule has 2 nitrogen and oxygen atoms in total. The molecule has 3 rings (SSSR count). The third kappa shape index (κ3) is 1.81. The van der Waals surface area contributed by atoms with Gasteiger partial charge in [-0.25, -0.2) is 0 Å². The highest BCUT2D eigenvalue weighted by Gasteiger charge is 2.36. The van der Waals surface area contributed by atoms with Gasteiger partial charge < -0.3 is 5.32 Å². The van der Waals surface area contributed by atoms with E-state index < -0.39 is 0 Å². The predicted octanol–water partition coefficient (Wildman–Crippen LogP) is 2.88. The van der Waals surface area contributed by atoms with Gasteiger partial charge in [-0.15, -0.1) is 0 Å². The van der Waals surface area contributed by atoms with Crippen LogP contribution in [-0.2, 0) is 6.54 Å². The van der Waals surface area contributed by atoms with Gasteiger partial charge in [0.1, 0.15) is 0 Å². The van der Waals surface area contributed by atoms with E-state index in [9.17, 15) is 0 Å². The summed E-state index contributed by atoms with van der Waals surface area (Å²) >= 11 is 0. The van der Waals surface area contributed by atoms with Gasteiger partial charge in [-0.1, -0.05) is 24.3 Å². The molecule has 2 aromatic rings. The van der Waals surface area contributed by atoms with Crippen molar-refractivity contribution in [1.82, 2.24) is 10.3 Å². The quantitative estimate of drug-likeness (QED) is 0.846. The van der Waals surface area contributed by atoms with Crippen LogP contribution in [-0.4, -0.2) is 10.5 Å². The summed E-state index contributed by atoms with van der Waals surface area (Å²) in [6, 6.07) is 10.5. The fourth-order valence-electron chi connectivity index (χ4n) is 1.98. The Balaban J connectivity index is 1.90. The highest BCUT2D eigenvalue weighted by molar-refractivity contribution is 5.81. The third-order valence-electron chi connectivity index (χ3n) is 3.42. The highest BCUT2D eigenvalue weighted by Crippen LogP contribution is 2.34. The van der Waals surface area contributed by atoms with Crippen molar-refractivity contribution >= 4 is 10.9 Å². The number of para-hydroxylation sites is 1. The second kappa shape index (κ2) is 3.56. The maximum Gasteiger partial charge on any atom is 0.0746 e. The summed E-state index contributed by atoms with van der Waals surface area (Å²) in [5.41, 5.74) is 2.81. The summed E-state index contributed by atoms with van der Waals surface area (Å²) in [6.07, 6.45) is 4.46. The van der Waals surface area contributed by atoms with E-state index in [1.807, 2.05) is 12.3 Å². The van der Waals surface area contributed by atoms with E-state index in [2.05, 4.69) is 41.5 Å². The Morgan fingerprint density at radius 1 is 1.25 bits per heavy atom. The van der Waals surface area contributed by atoms with Crippen LogP contribution in [0.3, 0.4) is 0 Å². The van der Waals surface area contributed by atoms with Gasteiger partial charge in [-0.05, 0) is 31.4 Å². The van der Waals surface area contributed by atoms with Crippen LogP contribution >= 0.6 is 0 Å². The molecule has 0 saturated heterocycles. The third-order valence-corrected chi connectivity index (χ3v) is 3.42. The number of fused-ring (bicyclic) bond motifs is 1. The van der Waals surface area contributed by atoms with Crippen LogP contribution in [0.25, 0.3) is 10.9 Å². The number of benzene rings is 1. The normalized spacial score (nSPS) is 17.6. The lowest BCUT2D eigenvalue weighted by Gasteiger charge is -2.12. The molecule has 2 heteroatoms. The molecule has 1 aromatic heterocycles. The SMILES string of the molecule is CC1(NCc2cccc3cccnc23)CC1. The van der Waals surface area contributed by atoms with E-state index in [4.69, 9.17) is 0 Å². The van der Waals surface area contributed by atoms with Crippen molar-refractivity contribution < 1.29 is 0 Å². The van der Waals surface area contributed by atoms with Crippen molar-refractivity contribution in [2.45, 2.75) is 31.8 Å². The first-order valence-electron chi connectivity index (χ1n) is 5.85. The Morgan fingerprint density at radius 3 is 2.88 bits per heavy atom. The van der Waals surface area contributed by atoms with Crippen molar-refractivity contribution in [3.8, 4) is 0 Å². The molecule has 1 aromatic carbocycles. The topological polar surface area (TPSA) is 24.9 Å². The van der Waals surface area contributed by atoms with Crippen molar-refractivity contribution in [2.75, 3.05) is 0 Å². The zero-order valence-electron chi connectivity index (χ0n) is 9.53. The molecule has 1 N–H and O–H groups in total. The molecular formula is C14H16N2. The number of pyridine rings is 1. The number of rotatable bonds is 3. The number of nitrogens with zero attached hydrogens (tertiary/aromatic N) is 1. The van der Waals surface area contributed by atoms with Gasteiger partial charge in [-0.2, -0.15) is 0 Å². The van der Waals surface area contributed by atoms with Gasteiger partial charge in [0.05, 0.1) is 5.52 Å². The fraction of sp³-hybridized carbons (Fsp3) is 0.357. The molecule has 82 valence electrons. The van der Waals surface area contributed by atoms with Crippen LogP contribution in [0, 0.1) is 0 Å². The summed E-state index contributed by atoms with van der Waals surface area (Å²) < 4.78 is 0. The number of nitrogens with one attached hydrogen (secondary N) is 1. The second-order valence-corrected chi connectivity index (χ2v) is 4.91. The largest absolute Gasteiger partial charge is 0.307 e. The molecule has 1 saturated carbocycles. The molecule has 1 heterocycles. The molecule has 1 fully saturated rings. The summed E-state index contributed by atoms with van der Waals surface area (Å²) in [5, 5.41) is 4.83. The maximum absolute atomic E-state index is 4.46. The maximum atomic E-state index is 4.46. The zero-order valence-corrected chi connectivity index (χ0v) is 9.53. The van der Waals surface area contributed by atoms with Gasteiger partial charge in [0.2, 0.25) is 0 Å². The molecule has 16 heavy (non-hydrogen) atoms. The van der Waals surface area contributed by atoms with Crippen LogP contribution < -0.4 is 5.32 Å². The molecule has 0 unspecified atom stereocenters. The van der Waals surface area contributed by atoms with E-state index in [1.165, 1.54) is 23.8 Å². The summed E-state index contributed by atoms with van der Waals surface area (Å²) in [7, 11) is 0. The molecule has 0 bridgehead atoms. The smallest absolute Gasteiger partial charge is 0.0746 e. The lowest BCUT2D eigenvalue weighted by atomic mass is 10.1. The molecule has 0 aliphatic heterocycles. The first kappa shape index (κ1) is 9.79. The van der Waals surface area contributed by atoms with Gasteiger partial charge in [-0.3, -0.25) is 4.98 Å². The average Bonchev–Trinajstić information content (AvgIpc) is 3.05. The molecular weight excluding hydrogens is 196 g/mol. The standard InChI is InChI=1S/C14H16N2/c1-14(7-8-14)16-10-12-5-2-4-11-6-3-9-15-13(11)12/h2-6,9,16H,7-8,10H2,1H3. The van der Waals surface area contributed by atoms with Crippen LogP contribution in [0.1, 0.15) is 25.3 Å². The molecule has 1 aliphatic carbocycles. The Morgan fingerprint density at radius 2 is 2.06 bits per heavy atom. The van der Waals surface area contributed by atoms with Gasteiger partial charge in [0.25, 0.3) is 0 Å². The minimum absolute atomic E-state index is 0.386. The van der Waals surface area contributed by atoms with Crippen molar-refractivity contribution in [3.63, 3.8) is 0 Å². The van der Waals surface area contributed by atoms with Crippen molar-refractivity contribution in [1.29, 1.82) is 0 Å². The molecule has 1 aliphatic rings. The van der Waals surface area contributed by atoms with E-state index in [-0.39, 0.29) is 0 Å². The molecule has 0 spiro atoms. The van der Waals surface area contributed by atoms with E-state index >= 15 is 0 Å². The lowest BCUT2D eigenvalue weighted by molar-refractivity contribution is 0.539. The van der Waals surface area contributed by atoms with Crippen LogP contribution in [0.15, 0.2) is 36.5 Å². The fourth-order valence-corrected chi connectivity index (χ4v) is 1.98. The first-order valence-corrected chi connectivity index (χ1v) is 5.85. The second-order valence-electron chi connectivity index (χ2n) is 4.91. The van der Waals surface area contributed by atoms with Gasteiger partial charge in [0, 0.05) is 23.7 Å². The summed E-state index contributed by atoms with van der Waals surface area (Å²) in [6.45, 7) is 3.20. The number of hydrogen-bond acceptors (Lipinski definition) is 2. The van der Waals surface area contributed by atoms with Gasteiger partial charge >= 0.3 is 0 Å². The van der Waals surface area contributed by atoms with Crippen LogP contribution in [0.4, 0.5) is 0 Å². The summed E-state index contributed by atoms with van der Waals surface area (Å²) in [4.78, 5) is 4.46. The first-order chi connectivity index (χ1) is 7.77. The number of hydrogen-bond donors (Lipinski definition) is 1. The minimum atomic E-state index is 0.386. The van der Waals surface area contributed by atoms with Gasteiger partial charge in [0.15, 0.2) is 0 Å². The zero-order chi connectivity index (χ0) is 11.0. The Hall–Kier alpha value is -1.41. The Bertz CT molecular complexity index is 510. The van der Waals surface area contributed by atoms with Crippen molar-refractivity contribution in [2.24, 2.45) is 0 Å². The average molecular weight is 212 g/mol. The predicted molar refractivity (Wildman–Crippen MR) is 66.2 cm³/mol. The highest BCUT2D eigenvalue weighted by atomic mass is 15.0. The monoisotopic (exact) mass is 212 g/mol. The molecule has 0 amide bonds. The van der Waals surface area contributed by atoms with E-state index in [0.717, 1.165) is 12.1 Å². The van der Waals surface area contributed by atoms with Crippen molar-refractivity contribution in [3.05, 3.63) is 42.1 Å². The Kier molecular flexibility index (Phi) is 2.18. The summed E-state index contributed by atoms with van der Waals surface area (Å²) in [5.74, 6) is 0. The lowest BCUT2D eigenvalue weighted by Crippen LogP contribution is -2.27. The van der Waals surface area contributed by atoms with E-state index in [0.29, 0.717) is 5.54 Å². The molecule has 0 radical (unpaired) electrons. The Labute approximate surface area is 95.7 Å². The minimum Gasteiger partial charge on any atom is -0.307 e.